The van der Waals surface area contributed by atoms with Gasteiger partial charge in [-0.3, -0.25) is 4.98 Å². The van der Waals surface area contributed by atoms with Crippen molar-refractivity contribution in [2.24, 2.45) is 11.7 Å². The summed E-state index contributed by atoms with van der Waals surface area (Å²) in [6.07, 6.45) is 8.34. The third-order valence-corrected chi connectivity index (χ3v) is 3.94. The molecule has 2 rings (SSSR count). The Morgan fingerprint density at radius 2 is 2.17 bits per heavy atom. The van der Waals surface area contributed by atoms with E-state index in [1.165, 1.54) is 32.1 Å². The molecule has 0 saturated heterocycles. The second-order valence-corrected chi connectivity index (χ2v) is 5.60. The van der Waals surface area contributed by atoms with Crippen molar-refractivity contribution >= 4 is 22.9 Å². The van der Waals surface area contributed by atoms with E-state index in [-0.39, 0.29) is 0 Å². The molecule has 1 aliphatic carbocycles. The van der Waals surface area contributed by atoms with Crippen molar-refractivity contribution in [2.75, 3.05) is 5.32 Å². The lowest BCUT2D eigenvalue weighted by Gasteiger charge is -2.24. The van der Waals surface area contributed by atoms with Crippen molar-refractivity contribution < 1.29 is 0 Å². The van der Waals surface area contributed by atoms with Crippen LogP contribution in [0.5, 0.6) is 0 Å². The fourth-order valence-electron chi connectivity index (χ4n) is 2.58. The van der Waals surface area contributed by atoms with Crippen LogP contribution in [0.25, 0.3) is 0 Å². The number of hydrogen-bond acceptors (Lipinski definition) is 3. The number of anilines is 1. The highest BCUT2D eigenvalue weighted by Gasteiger charge is 2.19. The van der Waals surface area contributed by atoms with Crippen LogP contribution < -0.4 is 11.1 Å². The zero-order valence-corrected chi connectivity index (χ0v) is 11.7. The predicted octanol–water partition coefficient (Wildman–Crippen LogP) is 3.10. The number of hydrogen-bond donors (Lipinski definition) is 2. The number of nitrogens with two attached hydrogens (primary N) is 1. The Bertz CT molecular complexity index is 419. The third-order valence-electron chi connectivity index (χ3n) is 3.73. The fourth-order valence-corrected chi connectivity index (χ4v) is 2.69. The molecule has 3 nitrogen and oxygen atoms in total. The summed E-state index contributed by atoms with van der Waals surface area (Å²) in [4.78, 5) is 4.52. The average molecular weight is 263 g/mol. The molecule has 1 aliphatic rings. The molecule has 1 aromatic heterocycles. The van der Waals surface area contributed by atoms with Crippen LogP contribution in [0.2, 0.25) is 0 Å². The lowest BCUT2D eigenvalue weighted by atomic mass is 9.97. The van der Waals surface area contributed by atoms with Crippen LogP contribution in [0, 0.1) is 5.92 Å². The van der Waals surface area contributed by atoms with Gasteiger partial charge in [0.05, 0.1) is 5.69 Å². The Labute approximate surface area is 114 Å². The Hall–Kier alpha value is -1.16. The summed E-state index contributed by atoms with van der Waals surface area (Å²) in [5.74, 6) is 0.717. The van der Waals surface area contributed by atoms with Crippen molar-refractivity contribution in [1.82, 2.24) is 4.98 Å². The van der Waals surface area contributed by atoms with Gasteiger partial charge >= 0.3 is 0 Å². The largest absolute Gasteiger partial charge is 0.388 e. The monoisotopic (exact) mass is 263 g/mol. The van der Waals surface area contributed by atoms with E-state index in [0.717, 1.165) is 5.69 Å². The first kappa shape index (κ1) is 13.3. The van der Waals surface area contributed by atoms with Crippen molar-refractivity contribution in [3.8, 4) is 0 Å². The molecule has 4 heteroatoms. The van der Waals surface area contributed by atoms with E-state index >= 15 is 0 Å². The van der Waals surface area contributed by atoms with Crippen molar-refractivity contribution in [2.45, 2.75) is 45.1 Å². The van der Waals surface area contributed by atoms with Gasteiger partial charge in [-0.05, 0) is 30.9 Å². The highest BCUT2D eigenvalue weighted by Crippen LogP contribution is 2.25. The predicted molar refractivity (Wildman–Crippen MR) is 79.8 cm³/mol. The molecule has 0 radical (unpaired) electrons. The molecule has 2 atom stereocenters. The zero-order valence-electron chi connectivity index (χ0n) is 10.9. The number of thiocarbonyl (C=S) groups is 1. The molecule has 1 heterocycles. The molecular weight excluding hydrogens is 242 g/mol. The minimum Gasteiger partial charge on any atom is -0.388 e. The van der Waals surface area contributed by atoms with Crippen LogP contribution in [0.4, 0.5) is 5.69 Å². The first-order chi connectivity index (χ1) is 8.66. The zero-order chi connectivity index (χ0) is 13.0. The van der Waals surface area contributed by atoms with Crippen LogP contribution in [0.1, 0.15) is 44.7 Å². The maximum absolute atomic E-state index is 5.61. The number of nitrogens with one attached hydrogen (secondary N) is 1. The fraction of sp³-hybridized carbons (Fsp3) is 0.571. The van der Waals surface area contributed by atoms with Crippen LogP contribution in [0.3, 0.4) is 0 Å². The highest BCUT2D eigenvalue weighted by atomic mass is 32.1. The van der Waals surface area contributed by atoms with Gasteiger partial charge in [0.15, 0.2) is 0 Å². The smallest absolute Gasteiger partial charge is 0.122 e. The average Bonchev–Trinajstić information content (AvgIpc) is 2.55. The number of rotatable bonds is 3. The summed E-state index contributed by atoms with van der Waals surface area (Å²) in [5, 5.41) is 3.61. The molecule has 0 spiro atoms. The van der Waals surface area contributed by atoms with Crippen molar-refractivity contribution in [1.29, 1.82) is 0 Å². The maximum Gasteiger partial charge on any atom is 0.122 e. The van der Waals surface area contributed by atoms with Crippen LogP contribution in [-0.2, 0) is 0 Å². The van der Waals surface area contributed by atoms with Gasteiger partial charge in [0, 0.05) is 17.9 Å². The number of aromatic nitrogens is 1. The Kier molecular flexibility index (Phi) is 4.53. The molecule has 0 aliphatic heterocycles. The van der Waals surface area contributed by atoms with E-state index in [1.807, 2.05) is 12.1 Å². The first-order valence-electron chi connectivity index (χ1n) is 6.69. The molecule has 0 aromatic carbocycles. The molecule has 0 amide bonds. The molecular formula is C14H21N3S. The maximum atomic E-state index is 5.61. The van der Waals surface area contributed by atoms with E-state index in [2.05, 4.69) is 17.2 Å². The van der Waals surface area contributed by atoms with Crippen LogP contribution in [0.15, 0.2) is 18.3 Å². The quantitative estimate of drug-likeness (QED) is 0.650. The third kappa shape index (κ3) is 3.42. The lowest BCUT2D eigenvalue weighted by Crippen LogP contribution is -2.26. The second kappa shape index (κ2) is 6.14. The van der Waals surface area contributed by atoms with E-state index in [0.29, 0.717) is 22.6 Å². The van der Waals surface area contributed by atoms with E-state index in [1.54, 1.807) is 6.20 Å². The number of nitrogens with zero attached hydrogens (tertiary/aromatic N) is 1. The summed E-state index contributed by atoms with van der Waals surface area (Å²) in [7, 11) is 0. The Morgan fingerprint density at radius 1 is 1.39 bits per heavy atom. The van der Waals surface area contributed by atoms with E-state index in [4.69, 9.17) is 18.0 Å². The second-order valence-electron chi connectivity index (χ2n) is 5.16. The minimum absolute atomic E-state index is 0.354. The minimum atomic E-state index is 0.354. The molecule has 1 aromatic rings. The molecule has 98 valence electrons. The van der Waals surface area contributed by atoms with Gasteiger partial charge in [-0.1, -0.05) is 38.4 Å². The van der Waals surface area contributed by atoms with Crippen molar-refractivity contribution in [3.63, 3.8) is 0 Å². The van der Waals surface area contributed by atoms with E-state index < -0.39 is 0 Å². The molecule has 1 saturated carbocycles. The lowest BCUT2D eigenvalue weighted by molar-refractivity contribution is 0.456. The number of pyridine rings is 1. The first-order valence-corrected chi connectivity index (χ1v) is 7.10. The highest BCUT2D eigenvalue weighted by molar-refractivity contribution is 7.80. The Balaban J connectivity index is 2.07. The van der Waals surface area contributed by atoms with Gasteiger partial charge in [0.1, 0.15) is 4.99 Å². The summed E-state index contributed by atoms with van der Waals surface area (Å²) in [6, 6.07) is 4.48. The van der Waals surface area contributed by atoms with Gasteiger partial charge in [-0.25, -0.2) is 0 Å². The molecule has 3 N–H and O–H groups in total. The van der Waals surface area contributed by atoms with Gasteiger partial charge < -0.3 is 11.1 Å². The molecule has 18 heavy (non-hydrogen) atoms. The summed E-state index contributed by atoms with van der Waals surface area (Å²) < 4.78 is 0. The molecule has 1 fully saturated rings. The molecule has 0 bridgehead atoms. The van der Waals surface area contributed by atoms with Crippen molar-refractivity contribution in [3.05, 3.63) is 24.0 Å². The standard InChI is InChI=1S/C14H21N3S/c1-10-5-3-2-4-6-12(10)17-11-7-8-16-13(9-11)14(15)18/h7-10,12H,2-6H2,1H3,(H2,15,18)(H,16,17). The van der Waals surface area contributed by atoms with Gasteiger partial charge in [-0.2, -0.15) is 0 Å². The van der Waals surface area contributed by atoms with Gasteiger partial charge in [0.25, 0.3) is 0 Å². The van der Waals surface area contributed by atoms with Gasteiger partial charge in [0.2, 0.25) is 0 Å². The topological polar surface area (TPSA) is 50.9 Å². The SMILES string of the molecule is CC1CCCCCC1Nc1ccnc(C(N)=S)c1. The van der Waals surface area contributed by atoms with Crippen LogP contribution >= 0.6 is 12.2 Å². The normalized spacial score (nSPS) is 24.3. The molecule has 2 unspecified atom stereocenters. The summed E-state index contributed by atoms with van der Waals surface area (Å²) >= 11 is 4.96. The van der Waals surface area contributed by atoms with Gasteiger partial charge in [-0.15, -0.1) is 0 Å². The summed E-state index contributed by atoms with van der Waals surface area (Å²) in [6.45, 7) is 2.33. The van der Waals surface area contributed by atoms with E-state index in [9.17, 15) is 0 Å². The van der Waals surface area contributed by atoms with Crippen LogP contribution in [-0.4, -0.2) is 16.0 Å². The Morgan fingerprint density at radius 3 is 2.94 bits per heavy atom. The summed E-state index contributed by atoms with van der Waals surface area (Å²) in [5.41, 5.74) is 7.38.